The van der Waals surface area contributed by atoms with Gasteiger partial charge in [-0.3, -0.25) is 14.4 Å². The summed E-state index contributed by atoms with van der Waals surface area (Å²) < 4.78 is 10.6. The van der Waals surface area contributed by atoms with Crippen molar-refractivity contribution in [2.75, 3.05) is 13.4 Å². The predicted molar refractivity (Wildman–Crippen MR) is 126 cm³/mol. The molecule has 0 fully saturated rings. The van der Waals surface area contributed by atoms with Crippen LogP contribution in [-0.4, -0.2) is 47.0 Å². The van der Waals surface area contributed by atoms with Gasteiger partial charge in [0.2, 0.25) is 12.7 Å². The molecule has 8 nitrogen and oxygen atoms in total. The number of carbonyl (C=O) groups is 3. The van der Waals surface area contributed by atoms with Crippen molar-refractivity contribution in [3.63, 3.8) is 0 Å². The molecule has 1 atom stereocenters. The number of amides is 1. The van der Waals surface area contributed by atoms with E-state index in [1.165, 1.54) is 17.4 Å². The minimum atomic E-state index is -0.769. The molecule has 0 unspecified atom stereocenters. The maximum atomic E-state index is 13.1. The molecule has 0 saturated heterocycles. The molecule has 2 N–H and O–H groups in total. The monoisotopic (exact) mass is 478 g/mol. The van der Waals surface area contributed by atoms with Crippen LogP contribution in [0, 0.1) is 0 Å². The first-order chi connectivity index (χ1) is 16.5. The first-order valence-corrected chi connectivity index (χ1v) is 11.5. The van der Waals surface area contributed by atoms with Gasteiger partial charge in [0, 0.05) is 29.9 Å². The van der Waals surface area contributed by atoms with Gasteiger partial charge in [-0.05, 0) is 29.3 Å². The molecule has 4 rings (SSSR count). The Morgan fingerprint density at radius 3 is 2.65 bits per heavy atom. The number of nitrogens with zero attached hydrogens (tertiary/aromatic N) is 1. The van der Waals surface area contributed by atoms with E-state index >= 15 is 0 Å². The van der Waals surface area contributed by atoms with Crippen molar-refractivity contribution < 1.29 is 29.0 Å². The zero-order chi connectivity index (χ0) is 23.9. The lowest BCUT2D eigenvalue weighted by Gasteiger charge is -2.16. The molecular formula is C25H22N2O6S. The molecular weight excluding hydrogens is 456 g/mol. The molecule has 0 radical (unpaired) electrons. The number of hydrogen-bond donors (Lipinski definition) is 2. The number of hydrogen-bond acceptors (Lipinski definition) is 8. The van der Waals surface area contributed by atoms with Gasteiger partial charge < -0.3 is 19.9 Å². The van der Waals surface area contributed by atoms with Crippen molar-refractivity contribution in [3.8, 4) is 11.5 Å². The Labute approximate surface area is 199 Å². The van der Waals surface area contributed by atoms with Gasteiger partial charge in [0.05, 0.1) is 17.2 Å². The van der Waals surface area contributed by atoms with Crippen LogP contribution in [-0.2, 0) is 22.4 Å². The fraction of sp³-hybridized carbons (Fsp3) is 0.200. The SMILES string of the molecule is O=C(/C=C/c1ccc2c(c1)OCO2)N[C@@H](Cc1cscn1)C(=O)Cc1ccc(C(=O)CO)cc1. The summed E-state index contributed by atoms with van der Waals surface area (Å²) in [5, 5.41) is 13.6. The van der Waals surface area contributed by atoms with Crippen LogP contribution in [0.1, 0.15) is 27.2 Å². The number of aromatic nitrogens is 1. The first kappa shape index (κ1) is 23.3. The maximum Gasteiger partial charge on any atom is 0.244 e. The van der Waals surface area contributed by atoms with Gasteiger partial charge in [-0.25, -0.2) is 4.98 Å². The Balaban J connectivity index is 1.43. The topological polar surface area (TPSA) is 115 Å². The number of nitrogens with one attached hydrogen (secondary N) is 1. The van der Waals surface area contributed by atoms with E-state index in [9.17, 15) is 14.4 Å². The summed E-state index contributed by atoms with van der Waals surface area (Å²) in [5.74, 6) is 0.296. The fourth-order valence-corrected chi connectivity index (χ4v) is 4.00. The first-order valence-electron chi connectivity index (χ1n) is 10.5. The van der Waals surface area contributed by atoms with Crippen molar-refractivity contribution in [1.82, 2.24) is 10.3 Å². The van der Waals surface area contributed by atoms with Crippen LogP contribution in [0.15, 0.2) is 59.4 Å². The highest BCUT2D eigenvalue weighted by atomic mass is 32.1. The summed E-state index contributed by atoms with van der Waals surface area (Å²) in [6.45, 7) is -0.399. The molecule has 1 aliphatic heterocycles. The van der Waals surface area contributed by atoms with Crippen LogP contribution in [0.5, 0.6) is 11.5 Å². The lowest BCUT2D eigenvalue weighted by atomic mass is 9.99. The van der Waals surface area contributed by atoms with Gasteiger partial charge in [-0.1, -0.05) is 30.3 Å². The summed E-state index contributed by atoms with van der Waals surface area (Å²) in [7, 11) is 0. The van der Waals surface area contributed by atoms with Gasteiger partial charge in [-0.15, -0.1) is 11.3 Å². The number of aliphatic hydroxyl groups excluding tert-OH is 1. The Bertz CT molecular complexity index is 1200. The molecule has 0 saturated carbocycles. The van der Waals surface area contributed by atoms with Gasteiger partial charge in [-0.2, -0.15) is 0 Å². The van der Waals surface area contributed by atoms with Crippen molar-refractivity contribution in [3.05, 3.63) is 81.8 Å². The minimum absolute atomic E-state index is 0.0779. The number of benzene rings is 2. The highest BCUT2D eigenvalue weighted by molar-refractivity contribution is 7.07. The summed E-state index contributed by atoms with van der Waals surface area (Å²) in [6, 6.07) is 11.1. The van der Waals surface area contributed by atoms with Crippen molar-refractivity contribution >= 4 is 34.9 Å². The number of thiazole rings is 1. The molecule has 0 bridgehead atoms. The van der Waals surface area contributed by atoms with Crippen LogP contribution in [0.4, 0.5) is 0 Å². The molecule has 1 aliphatic rings. The number of rotatable bonds is 10. The van der Waals surface area contributed by atoms with Crippen LogP contribution >= 0.6 is 11.3 Å². The zero-order valence-corrected chi connectivity index (χ0v) is 18.9. The summed E-state index contributed by atoms with van der Waals surface area (Å²) in [6.07, 6.45) is 3.36. The van der Waals surface area contributed by atoms with E-state index in [-0.39, 0.29) is 31.2 Å². The van der Waals surface area contributed by atoms with E-state index in [2.05, 4.69) is 10.3 Å². The Morgan fingerprint density at radius 1 is 1.12 bits per heavy atom. The third-order valence-corrected chi connectivity index (χ3v) is 5.86. The van der Waals surface area contributed by atoms with E-state index in [4.69, 9.17) is 14.6 Å². The predicted octanol–water partition coefficient (Wildman–Crippen LogP) is 2.60. The standard InChI is InChI=1S/C25H22N2O6S/c28-12-22(30)18-5-1-16(2-6-18)9-21(29)20(11-19-13-34-14-26-19)27-25(31)8-4-17-3-7-23-24(10-17)33-15-32-23/h1-8,10,13-14,20,28H,9,11-12,15H2,(H,27,31)/b8-4+/t20-/m0/s1. The number of fused-ring (bicyclic) bond motifs is 1. The number of carbonyl (C=O) groups excluding carboxylic acids is 3. The maximum absolute atomic E-state index is 13.1. The third-order valence-electron chi connectivity index (χ3n) is 5.22. The number of aliphatic hydroxyl groups is 1. The smallest absolute Gasteiger partial charge is 0.244 e. The Morgan fingerprint density at radius 2 is 1.91 bits per heavy atom. The highest BCUT2D eigenvalue weighted by Crippen LogP contribution is 2.32. The second-order valence-corrected chi connectivity index (χ2v) is 8.33. The van der Waals surface area contributed by atoms with Gasteiger partial charge in [0.1, 0.15) is 6.61 Å². The zero-order valence-electron chi connectivity index (χ0n) is 18.1. The number of Topliss-reactive ketones (excluding diaryl/α,β-unsaturated/α-hetero) is 2. The van der Waals surface area contributed by atoms with Gasteiger partial charge in [0.25, 0.3) is 0 Å². The third kappa shape index (κ3) is 5.94. The number of ether oxygens (including phenoxy) is 2. The van der Waals surface area contributed by atoms with Gasteiger partial charge >= 0.3 is 0 Å². The molecule has 0 aliphatic carbocycles. The van der Waals surface area contributed by atoms with Crippen LogP contribution in [0.3, 0.4) is 0 Å². The molecule has 9 heteroatoms. The quantitative estimate of drug-likeness (QED) is 0.340. The molecule has 2 aromatic carbocycles. The Hall–Kier alpha value is -3.82. The normalized spacial score (nSPS) is 13.1. The van der Waals surface area contributed by atoms with E-state index < -0.39 is 18.6 Å². The molecule has 34 heavy (non-hydrogen) atoms. The highest BCUT2D eigenvalue weighted by Gasteiger charge is 2.22. The Kier molecular flexibility index (Phi) is 7.46. The summed E-state index contributed by atoms with van der Waals surface area (Å²) >= 11 is 1.42. The molecule has 2 heterocycles. The molecule has 174 valence electrons. The van der Waals surface area contributed by atoms with Gasteiger partial charge in [0.15, 0.2) is 23.1 Å². The largest absolute Gasteiger partial charge is 0.454 e. The van der Waals surface area contributed by atoms with Crippen molar-refractivity contribution in [2.24, 2.45) is 0 Å². The number of ketones is 2. The van der Waals surface area contributed by atoms with E-state index in [0.717, 1.165) is 5.56 Å². The lowest BCUT2D eigenvalue weighted by Crippen LogP contribution is -2.42. The average molecular weight is 479 g/mol. The van der Waals surface area contributed by atoms with E-state index in [1.54, 1.807) is 54.1 Å². The van der Waals surface area contributed by atoms with E-state index in [1.807, 2.05) is 5.38 Å². The average Bonchev–Trinajstić information content (AvgIpc) is 3.54. The second kappa shape index (κ2) is 10.9. The lowest BCUT2D eigenvalue weighted by molar-refractivity contribution is -0.125. The van der Waals surface area contributed by atoms with Crippen molar-refractivity contribution in [1.29, 1.82) is 0 Å². The van der Waals surface area contributed by atoms with Crippen LogP contribution in [0.25, 0.3) is 6.08 Å². The molecule has 1 aromatic heterocycles. The van der Waals surface area contributed by atoms with Crippen LogP contribution in [0.2, 0.25) is 0 Å². The molecule has 1 amide bonds. The summed E-state index contributed by atoms with van der Waals surface area (Å²) in [4.78, 5) is 41.5. The molecule has 0 spiro atoms. The summed E-state index contributed by atoms with van der Waals surface area (Å²) in [5.41, 5.74) is 4.23. The van der Waals surface area contributed by atoms with Crippen molar-refractivity contribution in [2.45, 2.75) is 18.9 Å². The molecule has 3 aromatic rings. The fourth-order valence-electron chi connectivity index (χ4n) is 3.43. The van der Waals surface area contributed by atoms with Crippen LogP contribution < -0.4 is 14.8 Å². The minimum Gasteiger partial charge on any atom is -0.454 e. The van der Waals surface area contributed by atoms with E-state index in [0.29, 0.717) is 28.3 Å². The second-order valence-electron chi connectivity index (χ2n) is 7.61.